The predicted molar refractivity (Wildman–Crippen MR) is 57.7 cm³/mol. The van der Waals surface area contributed by atoms with Gasteiger partial charge in [0.25, 0.3) is 0 Å². The Balaban J connectivity index is 0.00000169. The van der Waals surface area contributed by atoms with Gasteiger partial charge in [0.05, 0.1) is 24.9 Å². The average molecular weight is 221 g/mol. The summed E-state index contributed by atoms with van der Waals surface area (Å²) in [6.45, 7) is 2.98. The van der Waals surface area contributed by atoms with Crippen molar-refractivity contribution in [2.45, 2.75) is 26.2 Å². The quantitative estimate of drug-likeness (QED) is 0.726. The Bertz CT molecular complexity index is 219. The highest BCUT2D eigenvalue weighted by molar-refractivity contribution is 5.85. The molecular weight excluding hydrogens is 204 g/mol. The van der Waals surface area contributed by atoms with Crippen molar-refractivity contribution in [1.82, 2.24) is 0 Å². The molecule has 1 unspecified atom stereocenters. The van der Waals surface area contributed by atoms with Crippen molar-refractivity contribution in [2.75, 3.05) is 13.2 Å². The SMILES string of the molecule is CCCOC(=O)C1CCC(N)=NC1.Cl. The summed E-state index contributed by atoms with van der Waals surface area (Å²) >= 11 is 0. The molecule has 4 nitrogen and oxygen atoms in total. The second-order valence-corrected chi connectivity index (χ2v) is 3.24. The fourth-order valence-corrected chi connectivity index (χ4v) is 1.23. The van der Waals surface area contributed by atoms with E-state index in [4.69, 9.17) is 10.5 Å². The Hall–Kier alpha value is -0.770. The lowest BCUT2D eigenvalue weighted by molar-refractivity contribution is -0.148. The number of carbonyl (C=O) groups is 1. The topological polar surface area (TPSA) is 64.7 Å². The third-order valence-corrected chi connectivity index (χ3v) is 2.05. The number of hydrogen-bond acceptors (Lipinski definition) is 4. The molecule has 0 fully saturated rings. The molecule has 0 saturated carbocycles. The summed E-state index contributed by atoms with van der Waals surface area (Å²) < 4.78 is 5.02. The van der Waals surface area contributed by atoms with Gasteiger partial charge in [-0.2, -0.15) is 0 Å². The van der Waals surface area contributed by atoms with E-state index in [1.54, 1.807) is 0 Å². The van der Waals surface area contributed by atoms with E-state index in [2.05, 4.69) is 4.99 Å². The van der Waals surface area contributed by atoms with E-state index in [9.17, 15) is 4.79 Å². The normalized spacial score (nSPS) is 20.6. The van der Waals surface area contributed by atoms with Crippen LogP contribution in [0.1, 0.15) is 26.2 Å². The molecule has 14 heavy (non-hydrogen) atoms. The van der Waals surface area contributed by atoms with Gasteiger partial charge in [-0.1, -0.05) is 6.92 Å². The zero-order valence-corrected chi connectivity index (χ0v) is 9.18. The second-order valence-electron chi connectivity index (χ2n) is 3.24. The van der Waals surface area contributed by atoms with Gasteiger partial charge in [0.15, 0.2) is 0 Å². The fourth-order valence-electron chi connectivity index (χ4n) is 1.23. The molecule has 0 spiro atoms. The number of rotatable bonds is 3. The summed E-state index contributed by atoms with van der Waals surface area (Å²) in [5.74, 6) is 0.455. The number of amidine groups is 1. The molecule has 1 heterocycles. The summed E-state index contributed by atoms with van der Waals surface area (Å²) in [5, 5.41) is 0. The van der Waals surface area contributed by atoms with Gasteiger partial charge in [0, 0.05) is 6.42 Å². The minimum absolute atomic E-state index is 0. The van der Waals surface area contributed by atoms with Crippen molar-refractivity contribution < 1.29 is 9.53 Å². The van der Waals surface area contributed by atoms with Crippen molar-refractivity contribution >= 4 is 24.2 Å². The van der Waals surface area contributed by atoms with Crippen LogP contribution in [0.5, 0.6) is 0 Å². The van der Waals surface area contributed by atoms with Crippen LogP contribution in [-0.4, -0.2) is 25.0 Å². The number of ether oxygens (including phenoxy) is 1. The molecule has 1 aliphatic rings. The smallest absolute Gasteiger partial charge is 0.310 e. The molecule has 0 amide bonds. The molecule has 5 heteroatoms. The summed E-state index contributed by atoms with van der Waals surface area (Å²) in [6.07, 6.45) is 2.35. The number of esters is 1. The van der Waals surface area contributed by atoms with E-state index in [0.29, 0.717) is 25.4 Å². The molecular formula is C9H17ClN2O2. The first-order valence-electron chi connectivity index (χ1n) is 4.69. The lowest BCUT2D eigenvalue weighted by atomic mass is 10.0. The van der Waals surface area contributed by atoms with Crippen molar-refractivity contribution in [3.8, 4) is 0 Å². The molecule has 0 bridgehead atoms. The van der Waals surface area contributed by atoms with Crippen LogP contribution in [0, 0.1) is 5.92 Å². The number of nitrogens with two attached hydrogens (primary N) is 1. The van der Waals surface area contributed by atoms with Crippen LogP contribution >= 0.6 is 12.4 Å². The number of hydrogen-bond donors (Lipinski definition) is 1. The van der Waals surface area contributed by atoms with Gasteiger partial charge in [-0.25, -0.2) is 0 Å². The highest BCUT2D eigenvalue weighted by Crippen LogP contribution is 2.14. The van der Waals surface area contributed by atoms with E-state index < -0.39 is 0 Å². The summed E-state index contributed by atoms with van der Waals surface area (Å²) in [6, 6.07) is 0. The molecule has 0 saturated heterocycles. The predicted octanol–water partition coefficient (Wildman–Crippen LogP) is 1.13. The Morgan fingerprint density at radius 1 is 1.71 bits per heavy atom. The maximum absolute atomic E-state index is 11.3. The number of halogens is 1. The van der Waals surface area contributed by atoms with Gasteiger partial charge in [-0.15, -0.1) is 12.4 Å². The molecule has 0 aliphatic carbocycles. The van der Waals surface area contributed by atoms with Gasteiger partial charge in [-0.3, -0.25) is 9.79 Å². The molecule has 1 rings (SSSR count). The van der Waals surface area contributed by atoms with Crippen molar-refractivity contribution in [1.29, 1.82) is 0 Å². The zero-order chi connectivity index (χ0) is 9.68. The third-order valence-electron chi connectivity index (χ3n) is 2.05. The van der Waals surface area contributed by atoms with Crippen LogP contribution in [0.15, 0.2) is 4.99 Å². The van der Waals surface area contributed by atoms with E-state index in [1.807, 2.05) is 6.92 Å². The number of nitrogens with zero attached hydrogens (tertiary/aromatic N) is 1. The van der Waals surface area contributed by atoms with Crippen molar-refractivity contribution in [3.63, 3.8) is 0 Å². The minimum Gasteiger partial charge on any atom is -0.465 e. The first-order valence-corrected chi connectivity index (χ1v) is 4.69. The molecule has 82 valence electrons. The van der Waals surface area contributed by atoms with Crippen LogP contribution in [0.2, 0.25) is 0 Å². The van der Waals surface area contributed by atoms with Crippen LogP contribution in [0.4, 0.5) is 0 Å². The zero-order valence-electron chi connectivity index (χ0n) is 8.36. The molecule has 0 aromatic rings. The number of carbonyl (C=O) groups excluding carboxylic acids is 1. The van der Waals surface area contributed by atoms with Gasteiger partial charge in [0.2, 0.25) is 0 Å². The average Bonchev–Trinajstić information content (AvgIpc) is 2.15. The summed E-state index contributed by atoms with van der Waals surface area (Å²) in [7, 11) is 0. The van der Waals surface area contributed by atoms with E-state index in [1.165, 1.54) is 0 Å². The third kappa shape index (κ3) is 3.96. The highest BCUT2D eigenvalue weighted by atomic mass is 35.5. The number of aliphatic imine (C=N–C) groups is 1. The maximum atomic E-state index is 11.3. The Labute approximate surface area is 90.3 Å². The van der Waals surface area contributed by atoms with Gasteiger partial charge in [-0.05, 0) is 12.8 Å². The van der Waals surface area contributed by atoms with Crippen LogP contribution in [-0.2, 0) is 9.53 Å². The molecule has 1 atom stereocenters. The molecule has 0 aromatic carbocycles. The molecule has 1 aliphatic heterocycles. The van der Waals surface area contributed by atoms with Crippen molar-refractivity contribution in [3.05, 3.63) is 0 Å². The Morgan fingerprint density at radius 3 is 2.93 bits per heavy atom. The summed E-state index contributed by atoms with van der Waals surface area (Å²) in [4.78, 5) is 15.4. The molecule has 2 N–H and O–H groups in total. The highest BCUT2D eigenvalue weighted by Gasteiger charge is 2.22. The summed E-state index contributed by atoms with van der Waals surface area (Å²) in [5.41, 5.74) is 5.50. The maximum Gasteiger partial charge on any atom is 0.310 e. The standard InChI is InChI=1S/C9H16N2O2.ClH/c1-2-5-13-9(12)7-3-4-8(10)11-6-7;/h7H,2-6H2,1H3,(H2,10,11);1H. The van der Waals surface area contributed by atoms with E-state index in [0.717, 1.165) is 12.8 Å². The van der Waals surface area contributed by atoms with E-state index >= 15 is 0 Å². The lowest BCUT2D eigenvalue weighted by Gasteiger charge is -2.17. The van der Waals surface area contributed by atoms with Crippen LogP contribution in [0.3, 0.4) is 0 Å². The van der Waals surface area contributed by atoms with Crippen LogP contribution < -0.4 is 5.73 Å². The van der Waals surface area contributed by atoms with Gasteiger partial charge < -0.3 is 10.5 Å². The first-order chi connectivity index (χ1) is 6.24. The Morgan fingerprint density at radius 2 is 2.43 bits per heavy atom. The van der Waals surface area contributed by atoms with Gasteiger partial charge in [0.1, 0.15) is 0 Å². The monoisotopic (exact) mass is 220 g/mol. The molecule has 0 aromatic heterocycles. The second kappa shape index (κ2) is 6.65. The van der Waals surface area contributed by atoms with Gasteiger partial charge >= 0.3 is 5.97 Å². The first kappa shape index (κ1) is 13.2. The largest absolute Gasteiger partial charge is 0.465 e. The Kier molecular flexibility index (Phi) is 6.28. The van der Waals surface area contributed by atoms with Crippen molar-refractivity contribution in [2.24, 2.45) is 16.6 Å². The minimum atomic E-state index is -0.127. The lowest BCUT2D eigenvalue weighted by Crippen LogP contribution is -2.28. The molecule has 0 radical (unpaired) electrons. The van der Waals surface area contributed by atoms with Crippen LogP contribution in [0.25, 0.3) is 0 Å². The van der Waals surface area contributed by atoms with E-state index in [-0.39, 0.29) is 24.3 Å². The fraction of sp³-hybridized carbons (Fsp3) is 0.778.